The van der Waals surface area contributed by atoms with E-state index < -0.39 is 55.8 Å². The van der Waals surface area contributed by atoms with E-state index in [1.165, 1.54) is 12.1 Å². The fraction of sp³-hybridized carbons (Fsp3) is 0.526. The molecule has 1 aromatic rings. The SMILES string of the molecule is O[C@@H]1[C@H](O)[C@@H]([C@H](O)c2ccc(Cl)c(Cl)c2)O[C@H]1N1C=CC2C(NOCC(F)F)=NCNC21. The average Bonchev–Trinajstić information content (AvgIpc) is 3.31. The zero-order valence-corrected chi connectivity index (χ0v) is 18.0. The molecule has 3 heterocycles. The summed E-state index contributed by atoms with van der Waals surface area (Å²) in [6.45, 7) is -0.622. The van der Waals surface area contributed by atoms with Gasteiger partial charge >= 0.3 is 0 Å². The number of fused-ring (bicyclic) bond motifs is 1. The van der Waals surface area contributed by atoms with Crippen LogP contribution in [-0.2, 0) is 9.57 Å². The Morgan fingerprint density at radius 1 is 1.28 bits per heavy atom. The van der Waals surface area contributed by atoms with Gasteiger partial charge in [-0.2, -0.15) is 0 Å². The standard InChI is InChI=1S/C19H22Cl2F2N4O5/c20-10-2-1-8(5-11(10)21)13(28)16-14(29)15(30)19(32-16)27-4-3-9-17(24-7-25-18(9)27)26-31-6-12(22)23/h1-5,9,12-16,18-19,25,28-30H,6-7H2,(H,24,26)/t9?,13-,14+,15-,16-,18?,19-/m1/s1. The second-order valence-corrected chi connectivity index (χ2v) is 8.37. The number of hydrogen-bond donors (Lipinski definition) is 5. The van der Waals surface area contributed by atoms with E-state index in [-0.39, 0.29) is 11.7 Å². The van der Waals surface area contributed by atoms with Crippen LogP contribution < -0.4 is 10.8 Å². The summed E-state index contributed by atoms with van der Waals surface area (Å²) in [5.74, 6) is -0.0537. The van der Waals surface area contributed by atoms with Gasteiger partial charge in [0.25, 0.3) is 6.43 Å². The number of halogens is 4. The van der Waals surface area contributed by atoms with Crippen LogP contribution in [0.25, 0.3) is 0 Å². The third-order valence-electron chi connectivity index (χ3n) is 5.54. The van der Waals surface area contributed by atoms with E-state index in [0.29, 0.717) is 16.4 Å². The molecule has 0 spiro atoms. The van der Waals surface area contributed by atoms with Crippen molar-refractivity contribution in [3.8, 4) is 0 Å². The van der Waals surface area contributed by atoms with Crippen LogP contribution in [0.1, 0.15) is 11.7 Å². The fourth-order valence-electron chi connectivity index (χ4n) is 3.98. The maximum absolute atomic E-state index is 12.3. The Morgan fingerprint density at radius 3 is 2.78 bits per heavy atom. The lowest BCUT2D eigenvalue weighted by molar-refractivity contribution is -0.115. The lowest BCUT2D eigenvalue weighted by Gasteiger charge is -2.37. The predicted molar refractivity (Wildman–Crippen MR) is 111 cm³/mol. The van der Waals surface area contributed by atoms with Crippen LogP contribution in [-0.4, -0.2) is 76.5 Å². The van der Waals surface area contributed by atoms with Gasteiger partial charge in [0.1, 0.15) is 36.9 Å². The number of nitrogens with zero attached hydrogens (tertiary/aromatic N) is 2. The van der Waals surface area contributed by atoms with Gasteiger partial charge in [-0.3, -0.25) is 20.6 Å². The summed E-state index contributed by atoms with van der Waals surface area (Å²) in [5, 5.41) is 35.6. The monoisotopic (exact) mass is 494 g/mol. The zero-order chi connectivity index (χ0) is 23.0. The molecule has 9 nitrogen and oxygen atoms in total. The molecule has 1 fully saturated rings. The molecule has 5 N–H and O–H groups in total. The molecule has 0 saturated carbocycles. The topological polar surface area (TPSA) is 119 Å². The smallest absolute Gasteiger partial charge is 0.264 e. The van der Waals surface area contributed by atoms with E-state index in [1.54, 1.807) is 23.2 Å². The highest BCUT2D eigenvalue weighted by molar-refractivity contribution is 6.42. The molecule has 0 bridgehead atoms. The minimum absolute atomic E-state index is 0.167. The molecule has 176 valence electrons. The molecule has 0 aromatic heterocycles. The van der Waals surface area contributed by atoms with Crippen LogP contribution in [0.4, 0.5) is 8.78 Å². The highest BCUT2D eigenvalue weighted by Crippen LogP contribution is 2.37. The quantitative estimate of drug-likeness (QED) is 0.371. The van der Waals surface area contributed by atoms with Crippen LogP contribution in [0, 0.1) is 5.92 Å². The Balaban J connectivity index is 1.45. The second-order valence-electron chi connectivity index (χ2n) is 7.56. The molecule has 0 amide bonds. The molecule has 0 radical (unpaired) electrons. The fourth-order valence-corrected chi connectivity index (χ4v) is 4.29. The second kappa shape index (κ2) is 9.74. The number of rotatable bonds is 6. The van der Waals surface area contributed by atoms with Crippen molar-refractivity contribution in [1.29, 1.82) is 0 Å². The maximum atomic E-state index is 12.3. The van der Waals surface area contributed by atoms with Crippen molar-refractivity contribution in [2.24, 2.45) is 10.9 Å². The van der Waals surface area contributed by atoms with E-state index in [1.807, 2.05) is 0 Å². The van der Waals surface area contributed by atoms with Gasteiger partial charge in [-0.1, -0.05) is 35.3 Å². The number of hydroxylamine groups is 1. The highest BCUT2D eigenvalue weighted by atomic mass is 35.5. The molecule has 3 aliphatic heterocycles. The van der Waals surface area contributed by atoms with Gasteiger partial charge in [0.2, 0.25) is 0 Å². The van der Waals surface area contributed by atoms with Crippen molar-refractivity contribution in [3.63, 3.8) is 0 Å². The number of amidine groups is 1. The first-order valence-electron chi connectivity index (χ1n) is 9.82. The molecule has 7 atom stereocenters. The Bertz CT molecular complexity index is 895. The van der Waals surface area contributed by atoms with Gasteiger partial charge in [-0.15, -0.1) is 0 Å². The molecule has 3 aliphatic rings. The van der Waals surface area contributed by atoms with Crippen LogP contribution in [0.15, 0.2) is 35.5 Å². The van der Waals surface area contributed by atoms with Crippen LogP contribution in [0.3, 0.4) is 0 Å². The molecule has 2 unspecified atom stereocenters. The van der Waals surface area contributed by atoms with Crippen LogP contribution in [0.5, 0.6) is 0 Å². The number of ether oxygens (including phenoxy) is 1. The third kappa shape index (κ3) is 4.57. The first-order valence-corrected chi connectivity index (χ1v) is 10.6. The summed E-state index contributed by atoms with van der Waals surface area (Å²) in [5.41, 5.74) is 2.82. The summed E-state index contributed by atoms with van der Waals surface area (Å²) < 4.78 is 30.5. The molecule has 13 heteroatoms. The highest BCUT2D eigenvalue weighted by Gasteiger charge is 2.51. The number of nitrogens with one attached hydrogen (secondary N) is 2. The van der Waals surface area contributed by atoms with Gasteiger partial charge in [-0.05, 0) is 17.7 Å². The van der Waals surface area contributed by atoms with Gasteiger partial charge < -0.3 is 25.0 Å². The van der Waals surface area contributed by atoms with E-state index >= 15 is 0 Å². The Labute approximate surface area is 192 Å². The van der Waals surface area contributed by atoms with Crippen molar-refractivity contribution in [2.75, 3.05) is 13.3 Å². The minimum Gasteiger partial charge on any atom is -0.387 e. The summed E-state index contributed by atoms with van der Waals surface area (Å²) in [7, 11) is 0. The molecular formula is C19H22Cl2F2N4O5. The summed E-state index contributed by atoms with van der Waals surface area (Å²) in [6, 6.07) is 4.53. The largest absolute Gasteiger partial charge is 0.387 e. The predicted octanol–water partition coefficient (Wildman–Crippen LogP) is 0.991. The van der Waals surface area contributed by atoms with Gasteiger partial charge in [0.05, 0.1) is 28.8 Å². The summed E-state index contributed by atoms with van der Waals surface area (Å²) in [4.78, 5) is 10.6. The van der Waals surface area contributed by atoms with Crippen LogP contribution in [0.2, 0.25) is 10.0 Å². The summed E-state index contributed by atoms with van der Waals surface area (Å²) in [6.07, 6.45) is -5.82. The number of benzene rings is 1. The molecule has 0 aliphatic carbocycles. The van der Waals surface area contributed by atoms with E-state index in [9.17, 15) is 24.1 Å². The van der Waals surface area contributed by atoms with Crippen molar-refractivity contribution in [3.05, 3.63) is 46.1 Å². The maximum Gasteiger partial charge on any atom is 0.264 e. The van der Waals surface area contributed by atoms with Gasteiger partial charge in [0, 0.05) is 6.20 Å². The Hall–Kier alpha value is -1.57. The van der Waals surface area contributed by atoms with Gasteiger partial charge in [-0.25, -0.2) is 8.78 Å². The van der Waals surface area contributed by atoms with Gasteiger partial charge in [0.15, 0.2) is 6.23 Å². The number of aliphatic imine (C=N–C) groups is 1. The number of aliphatic hydroxyl groups excluding tert-OH is 3. The number of hydrogen-bond acceptors (Lipinski definition) is 9. The van der Waals surface area contributed by atoms with E-state index in [0.717, 1.165) is 0 Å². The van der Waals surface area contributed by atoms with E-state index in [4.69, 9.17) is 32.8 Å². The van der Waals surface area contributed by atoms with Crippen molar-refractivity contribution >= 4 is 29.0 Å². The zero-order valence-electron chi connectivity index (χ0n) is 16.5. The lowest BCUT2D eigenvalue weighted by atomic mass is 9.99. The summed E-state index contributed by atoms with van der Waals surface area (Å²) >= 11 is 11.9. The molecule has 32 heavy (non-hydrogen) atoms. The first-order chi connectivity index (χ1) is 15.3. The first kappa shape index (κ1) is 23.6. The Kier molecular flexibility index (Phi) is 7.18. The molecule has 4 rings (SSSR count). The molecular weight excluding hydrogens is 473 g/mol. The normalized spacial score (nSPS) is 32.9. The van der Waals surface area contributed by atoms with Crippen molar-refractivity contribution in [2.45, 2.75) is 43.2 Å². The number of aliphatic hydroxyl groups is 3. The molecule has 1 saturated heterocycles. The lowest BCUT2D eigenvalue weighted by Crippen LogP contribution is -2.57. The third-order valence-corrected chi connectivity index (χ3v) is 6.28. The van der Waals surface area contributed by atoms with Crippen molar-refractivity contribution < 1.29 is 33.7 Å². The number of alkyl halides is 2. The minimum atomic E-state index is -2.63. The van der Waals surface area contributed by atoms with Crippen molar-refractivity contribution in [1.82, 2.24) is 15.7 Å². The Morgan fingerprint density at radius 2 is 2.06 bits per heavy atom. The van der Waals surface area contributed by atoms with Crippen LogP contribution >= 0.6 is 23.2 Å². The van der Waals surface area contributed by atoms with E-state index in [2.05, 4.69) is 15.8 Å². The molecule has 1 aromatic carbocycles. The average molecular weight is 495 g/mol.